The number of cyclic esters (lactones) is 1. The Bertz CT molecular complexity index is 1180. The highest BCUT2D eigenvalue weighted by atomic mass is 16.7. The molecule has 1 N–H and O–H groups in total. The van der Waals surface area contributed by atoms with Gasteiger partial charge in [0, 0.05) is 32.3 Å². The number of methoxy groups -OCH3 is 1. The smallest absolute Gasteiger partial charge is 0.311 e. The second-order valence-electron chi connectivity index (χ2n) is 17.5. The number of ether oxygens (including phenoxy) is 4. The molecule has 0 bridgehead atoms. The Morgan fingerprint density at radius 2 is 1.71 bits per heavy atom. The maximum absolute atomic E-state index is 13.9. The van der Waals surface area contributed by atoms with E-state index in [0.29, 0.717) is 18.9 Å². The average molecular weight is 716 g/mol. The number of hydrogen-bond acceptors (Lipinski definition) is 9. The predicted octanol–water partition coefficient (Wildman–Crippen LogP) is 6.26. The first-order valence-corrected chi connectivity index (χ1v) is 20.0. The van der Waals surface area contributed by atoms with Gasteiger partial charge in [0.25, 0.3) is 0 Å². The van der Waals surface area contributed by atoms with E-state index in [0.717, 1.165) is 64.8 Å². The molecule has 51 heavy (non-hydrogen) atoms. The van der Waals surface area contributed by atoms with Crippen LogP contribution in [-0.2, 0) is 30.2 Å². The molecular weight excluding hydrogens is 642 g/mol. The summed E-state index contributed by atoms with van der Waals surface area (Å²) in [6.45, 7) is 20.5. The van der Waals surface area contributed by atoms with Crippen molar-refractivity contribution >= 4 is 5.97 Å². The average Bonchev–Trinajstić information content (AvgIpc) is 3.09. The maximum atomic E-state index is 13.9. The third-order valence-corrected chi connectivity index (χ3v) is 12.1. The van der Waals surface area contributed by atoms with Gasteiger partial charge in [-0.3, -0.25) is 9.69 Å². The van der Waals surface area contributed by atoms with Gasteiger partial charge in [-0.2, -0.15) is 0 Å². The fourth-order valence-corrected chi connectivity index (χ4v) is 9.31. The van der Waals surface area contributed by atoms with Gasteiger partial charge in [0.2, 0.25) is 0 Å². The highest BCUT2D eigenvalue weighted by Gasteiger charge is 2.48. The van der Waals surface area contributed by atoms with Gasteiger partial charge in [-0.25, -0.2) is 0 Å². The molecular formula is C42H73N3O6. The van der Waals surface area contributed by atoms with E-state index >= 15 is 0 Å². The van der Waals surface area contributed by atoms with E-state index in [-0.39, 0.29) is 36.0 Å². The van der Waals surface area contributed by atoms with Crippen molar-refractivity contribution in [2.24, 2.45) is 23.2 Å². The van der Waals surface area contributed by atoms with Crippen molar-refractivity contribution in [3.63, 3.8) is 0 Å². The molecule has 0 spiro atoms. The van der Waals surface area contributed by atoms with Crippen LogP contribution in [0.2, 0.25) is 0 Å². The molecule has 1 aromatic carbocycles. The lowest BCUT2D eigenvalue weighted by molar-refractivity contribution is -0.298. The van der Waals surface area contributed by atoms with Crippen LogP contribution in [0.25, 0.3) is 0 Å². The van der Waals surface area contributed by atoms with Gasteiger partial charge in [0.15, 0.2) is 6.29 Å². The molecule has 1 aromatic rings. The minimum absolute atomic E-state index is 0.0592. The van der Waals surface area contributed by atoms with Gasteiger partial charge in [0.1, 0.15) is 12.7 Å². The zero-order valence-corrected chi connectivity index (χ0v) is 33.8. The number of likely N-dealkylation sites (tertiary alicyclic amines) is 1. The van der Waals surface area contributed by atoms with E-state index in [1.54, 1.807) is 7.11 Å². The lowest BCUT2D eigenvalue weighted by Gasteiger charge is -2.47. The predicted molar refractivity (Wildman–Crippen MR) is 205 cm³/mol. The zero-order chi connectivity index (χ0) is 37.3. The zero-order valence-electron chi connectivity index (χ0n) is 33.8. The number of rotatable bonds is 11. The summed E-state index contributed by atoms with van der Waals surface area (Å²) in [5, 5.41) is 11.4. The molecule has 3 aliphatic heterocycles. The SMILES string of the molecule is CCCN1C[C@H](C)C[C@@](C)(OC)[C@H](O[C@@H]2O[C@H](C)C[C@H](N(C)C)[C@H]2O)[C@@H](C)CC(C)(C)C(=O)OC[C@H]1CC1CCN(CCc2ccccc2)CC1. The molecule has 0 amide bonds. The third kappa shape index (κ3) is 11.7. The molecule has 0 saturated carbocycles. The molecule has 3 aliphatic rings. The number of carbonyl (C=O) groups is 1. The van der Waals surface area contributed by atoms with Crippen molar-refractivity contribution in [2.45, 2.75) is 142 Å². The standard InChI is InChI=1S/C42H73N3O6/c1-11-20-45-28-30(2)26-42(7,48-10)38(51-39-37(46)36(43(8)9)24-32(4)50-39)31(3)27-41(5,6)40(47)49-29-35(45)25-34-18-22-44(23-19-34)21-17-33-15-13-12-14-16-33/h12-16,30-32,34-39,46H,11,17-29H2,1-10H3/t30-,31+,32-,35-,36+,37-,38-,39+,42-/m1/s1. The fourth-order valence-electron chi connectivity index (χ4n) is 9.31. The number of aliphatic hydroxyl groups is 1. The molecule has 4 rings (SSSR count). The normalized spacial score (nSPS) is 35.5. The molecule has 0 aliphatic carbocycles. The molecule has 0 radical (unpaired) electrons. The lowest BCUT2D eigenvalue weighted by Crippen LogP contribution is -2.58. The van der Waals surface area contributed by atoms with Crippen LogP contribution in [0.4, 0.5) is 0 Å². The quantitative estimate of drug-likeness (QED) is 0.267. The summed E-state index contributed by atoms with van der Waals surface area (Å²) in [7, 11) is 5.76. The van der Waals surface area contributed by atoms with Crippen molar-refractivity contribution in [1.29, 1.82) is 0 Å². The lowest BCUT2D eigenvalue weighted by atomic mass is 9.75. The Labute approximate surface area is 310 Å². The van der Waals surface area contributed by atoms with Crippen molar-refractivity contribution in [2.75, 3.05) is 60.5 Å². The summed E-state index contributed by atoms with van der Waals surface area (Å²) in [5.74, 6) is 0.660. The summed E-state index contributed by atoms with van der Waals surface area (Å²) in [5.41, 5.74) is -0.00279. The van der Waals surface area contributed by atoms with E-state index in [1.807, 2.05) is 34.9 Å². The van der Waals surface area contributed by atoms with E-state index in [9.17, 15) is 9.90 Å². The Kier molecular flexibility index (Phi) is 15.8. The topological polar surface area (TPSA) is 83.9 Å². The highest BCUT2D eigenvalue weighted by Crippen LogP contribution is 2.40. The first kappa shape index (κ1) is 42.2. The summed E-state index contributed by atoms with van der Waals surface area (Å²) in [6, 6.07) is 10.9. The number of carbonyl (C=O) groups excluding carboxylic acids is 1. The van der Waals surface area contributed by atoms with Crippen LogP contribution in [0, 0.1) is 23.2 Å². The summed E-state index contributed by atoms with van der Waals surface area (Å²) < 4.78 is 25.9. The fraction of sp³-hybridized carbons (Fsp3) is 0.833. The van der Waals surface area contributed by atoms with E-state index in [1.165, 1.54) is 18.4 Å². The van der Waals surface area contributed by atoms with Gasteiger partial charge in [-0.05, 0) is 136 Å². The van der Waals surface area contributed by atoms with Crippen LogP contribution in [0.3, 0.4) is 0 Å². The van der Waals surface area contributed by atoms with Crippen LogP contribution in [0.15, 0.2) is 30.3 Å². The van der Waals surface area contributed by atoms with Crippen LogP contribution in [-0.4, -0.2) is 129 Å². The first-order valence-electron chi connectivity index (χ1n) is 20.0. The number of esters is 1. The second-order valence-corrected chi connectivity index (χ2v) is 17.5. The first-order chi connectivity index (χ1) is 24.2. The largest absolute Gasteiger partial charge is 0.464 e. The Morgan fingerprint density at radius 1 is 1.02 bits per heavy atom. The van der Waals surface area contributed by atoms with E-state index in [4.69, 9.17) is 18.9 Å². The molecule has 3 heterocycles. The second kappa shape index (κ2) is 19.1. The molecule has 3 fully saturated rings. The minimum Gasteiger partial charge on any atom is -0.464 e. The molecule has 292 valence electrons. The van der Waals surface area contributed by atoms with Gasteiger partial charge in [-0.15, -0.1) is 0 Å². The number of piperidine rings is 1. The monoisotopic (exact) mass is 716 g/mol. The maximum Gasteiger partial charge on any atom is 0.311 e. The number of benzene rings is 1. The summed E-state index contributed by atoms with van der Waals surface area (Å²) in [4.78, 5) is 21.2. The van der Waals surface area contributed by atoms with Crippen molar-refractivity contribution in [1.82, 2.24) is 14.7 Å². The molecule has 9 atom stereocenters. The van der Waals surface area contributed by atoms with Crippen LogP contribution in [0.1, 0.15) is 99.0 Å². The molecule has 3 saturated heterocycles. The van der Waals surface area contributed by atoms with Gasteiger partial charge in [-0.1, -0.05) is 51.1 Å². The van der Waals surface area contributed by atoms with Crippen molar-refractivity contribution < 1.29 is 28.8 Å². The molecule has 0 aromatic heterocycles. The summed E-state index contributed by atoms with van der Waals surface area (Å²) >= 11 is 0. The molecule has 9 heteroatoms. The minimum atomic E-state index is -0.805. The van der Waals surface area contributed by atoms with Crippen LogP contribution in [0.5, 0.6) is 0 Å². The number of likely N-dealkylation sites (N-methyl/N-ethyl adjacent to an activating group) is 1. The van der Waals surface area contributed by atoms with Crippen molar-refractivity contribution in [3.05, 3.63) is 35.9 Å². The summed E-state index contributed by atoms with van der Waals surface area (Å²) in [6.07, 6.45) is 5.51. The van der Waals surface area contributed by atoms with Crippen LogP contribution >= 0.6 is 0 Å². The van der Waals surface area contributed by atoms with Crippen LogP contribution < -0.4 is 0 Å². The van der Waals surface area contributed by atoms with Gasteiger partial charge >= 0.3 is 5.97 Å². The van der Waals surface area contributed by atoms with E-state index in [2.05, 4.69) is 72.7 Å². The Balaban J connectivity index is 1.52. The van der Waals surface area contributed by atoms with Gasteiger partial charge < -0.3 is 33.9 Å². The highest BCUT2D eigenvalue weighted by molar-refractivity contribution is 5.75. The Morgan fingerprint density at radius 3 is 2.33 bits per heavy atom. The Hall–Kier alpha value is -1.59. The number of hydrogen-bond donors (Lipinski definition) is 1. The number of nitrogens with zero attached hydrogens (tertiary/aromatic N) is 3. The van der Waals surface area contributed by atoms with E-state index < -0.39 is 29.5 Å². The molecule has 9 nitrogen and oxygen atoms in total. The van der Waals surface area contributed by atoms with Gasteiger partial charge in [0.05, 0.1) is 23.2 Å². The molecule has 0 unspecified atom stereocenters. The third-order valence-electron chi connectivity index (χ3n) is 12.1. The van der Waals surface area contributed by atoms with Crippen molar-refractivity contribution in [3.8, 4) is 0 Å². The number of aliphatic hydroxyl groups excluding tert-OH is 1.